The minimum Gasteiger partial charge on any atom is -0.368 e. The van der Waals surface area contributed by atoms with E-state index in [-0.39, 0.29) is 12.5 Å². The van der Waals surface area contributed by atoms with E-state index in [0.717, 1.165) is 33.1 Å². The van der Waals surface area contributed by atoms with Crippen LogP contribution in [0.2, 0.25) is 0 Å². The Labute approximate surface area is 133 Å². The van der Waals surface area contributed by atoms with Crippen LogP contribution in [0, 0.1) is 0 Å². The van der Waals surface area contributed by atoms with Crippen LogP contribution in [0.1, 0.15) is 0 Å². The van der Waals surface area contributed by atoms with Gasteiger partial charge < -0.3 is 10.3 Å². The molecule has 0 aliphatic rings. The van der Waals surface area contributed by atoms with Gasteiger partial charge in [-0.2, -0.15) is 0 Å². The van der Waals surface area contributed by atoms with Gasteiger partial charge in [0.1, 0.15) is 6.54 Å². The average Bonchev–Trinajstić information content (AvgIpc) is 2.89. The molecule has 2 N–H and O–H groups in total. The number of carbonyl (C=O) groups excluding carboxylic acids is 1. The molecular formula is C19H15N3O. The number of rotatable bonds is 3. The number of hydrogen-bond donors (Lipinski definition) is 1. The van der Waals surface area contributed by atoms with Crippen molar-refractivity contribution < 1.29 is 4.79 Å². The summed E-state index contributed by atoms with van der Waals surface area (Å²) in [6.45, 7) is 0.149. The number of benzene rings is 2. The first-order chi connectivity index (χ1) is 11.2. The van der Waals surface area contributed by atoms with Crippen LogP contribution in [0.4, 0.5) is 0 Å². The van der Waals surface area contributed by atoms with Gasteiger partial charge in [0.2, 0.25) is 5.91 Å². The molecule has 112 valence electrons. The third-order valence-electron chi connectivity index (χ3n) is 4.04. The van der Waals surface area contributed by atoms with E-state index in [1.54, 1.807) is 0 Å². The van der Waals surface area contributed by atoms with Gasteiger partial charge in [-0.05, 0) is 12.1 Å². The van der Waals surface area contributed by atoms with Crippen LogP contribution >= 0.6 is 0 Å². The number of pyridine rings is 1. The van der Waals surface area contributed by atoms with Gasteiger partial charge in [0, 0.05) is 21.9 Å². The van der Waals surface area contributed by atoms with Crippen molar-refractivity contribution in [2.75, 3.05) is 0 Å². The molecule has 1 amide bonds. The number of amides is 1. The number of fused-ring (bicyclic) bond motifs is 3. The Morgan fingerprint density at radius 2 is 1.70 bits per heavy atom. The van der Waals surface area contributed by atoms with Crippen molar-refractivity contribution in [2.45, 2.75) is 6.54 Å². The molecule has 0 aliphatic carbocycles. The summed E-state index contributed by atoms with van der Waals surface area (Å²) in [7, 11) is 0. The monoisotopic (exact) mass is 301 g/mol. The predicted molar refractivity (Wildman–Crippen MR) is 91.9 cm³/mol. The Balaban J connectivity index is 2.02. The molecule has 0 aliphatic heterocycles. The minimum atomic E-state index is -0.361. The third kappa shape index (κ3) is 2.25. The van der Waals surface area contributed by atoms with Gasteiger partial charge in [0.15, 0.2) is 0 Å². The Hall–Kier alpha value is -3.14. The van der Waals surface area contributed by atoms with Gasteiger partial charge in [0.25, 0.3) is 0 Å². The second-order valence-corrected chi connectivity index (χ2v) is 5.52. The summed E-state index contributed by atoms with van der Waals surface area (Å²) in [5.74, 6) is -0.361. The highest BCUT2D eigenvalue weighted by Crippen LogP contribution is 2.31. The lowest BCUT2D eigenvalue weighted by atomic mass is 10.1. The first-order valence-corrected chi connectivity index (χ1v) is 7.45. The number of nitrogens with two attached hydrogens (primary N) is 1. The fraction of sp³-hybridized carbons (Fsp3) is 0.0526. The quantitative estimate of drug-likeness (QED) is 0.631. The van der Waals surface area contributed by atoms with Gasteiger partial charge in [-0.3, -0.25) is 9.78 Å². The van der Waals surface area contributed by atoms with E-state index >= 15 is 0 Å². The Bertz CT molecular complexity index is 1020. The van der Waals surface area contributed by atoms with Crippen LogP contribution in [0.15, 0.2) is 66.9 Å². The normalized spacial score (nSPS) is 11.1. The molecule has 2 aromatic heterocycles. The molecule has 0 radical (unpaired) electrons. The molecular weight excluding hydrogens is 286 g/mol. The molecule has 0 unspecified atom stereocenters. The smallest absolute Gasteiger partial charge is 0.237 e. The SMILES string of the molecule is NC(=O)Cn1c2ccccc2c2cc(-c3ccccc3)ncc21. The molecule has 0 fully saturated rings. The molecule has 0 atom stereocenters. The molecule has 4 aromatic rings. The van der Waals surface area contributed by atoms with Crippen LogP contribution in [0.5, 0.6) is 0 Å². The van der Waals surface area contributed by atoms with Crippen LogP contribution in [0.3, 0.4) is 0 Å². The topological polar surface area (TPSA) is 60.9 Å². The van der Waals surface area contributed by atoms with Crippen molar-refractivity contribution in [3.05, 3.63) is 66.9 Å². The fourth-order valence-electron chi connectivity index (χ4n) is 3.04. The summed E-state index contributed by atoms with van der Waals surface area (Å²) in [5.41, 5.74) is 9.31. The van der Waals surface area contributed by atoms with Crippen LogP contribution in [-0.2, 0) is 11.3 Å². The van der Waals surface area contributed by atoms with Gasteiger partial charge >= 0.3 is 0 Å². The molecule has 0 saturated carbocycles. The van der Waals surface area contributed by atoms with E-state index in [9.17, 15) is 4.79 Å². The molecule has 2 aromatic carbocycles. The lowest BCUT2D eigenvalue weighted by molar-refractivity contribution is -0.118. The van der Waals surface area contributed by atoms with Crippen molar-refractivity contribution in [3.63, 3.8) is 0 Å². The molecule has 0 spiro atoms. The van der Waals surface area contributed by atoms with E-state index in [4.69, 9.17) is 5.73 Å². The molecule has 0 saturated heterocycles. The molecule has 4 rings (SSSR count). The fourth-order valence-corrected chi connectivity index (χ4v) is 3.04. The van der Waals surface area contributed by atoms with Crippen molar-refractivity contribution in [3.8, 4) is 11.3 Å². The van der Waals surface area contributed by atoms with Gasteiger partial charge in [-0.1, -0.05) is 48.5 Å². The zero-order chi connectivity index (χ0) is 15.8. The van der Waals surface area contributed by atoms with Gasteiger partial charge in [-0.25, -0.2) is 0 Å². The van der Waals surface area contributed by atoms with Crippen LogP contribution in [0.25, 0.3) is 33.1 Å². The van der Waals surface area contributed by atoms with Gasteiger partial charge in [-0.15, -0.1) is 0 Å². The van der Waals surface area contributed by atoms with E-state index < -0.39 is 0 Å². The van der Waals surface area contributed by atoms with E-state index in [1.165, 1.54) is 0 Å². The maximum atomic E-state index is 11.4. The standard InChI is InChI=1S/C19H15N3O/c20-19(23)12-22-17-9-5-4-8-14(17)15-10-16(21-11-18(15)22)13-6-2-1-3-7-13/h1-11H,12H2,(H2,20,23). The minimum absolute atomic E-state index is 0.149. The molecule has 0 bridgehead atoms. The maximum absolute atomic E-state index is 11.4. The Kier molecular flexibility index (Phi) is 3.08. The first kappa shape index (κ1) is 13.5. The molecule has 2 heterocycles. The highest BCUT2D eigenvalue weighted by Gasteiger charge is 2.13. The zero-order valence-electron chi connectivity index (χ0n) is 12.4. The lowest BCUT2D eigenvalue weighted by Gasteiger charge is -2.05. The zero-order valence-corrected chi connectivity index (χ0v) is 12.4. The number of aromatic nitrogens is 2. The van der Waals surface area contributed by atoms with Gasteiger partial charge in [0.05, 0.1) is 17.4 Å². The summed E-state index contributed by atoms with van der Waals surface area (Å²) < 4.78 is 1.93. The highest BCUT2D eigenvalue weighted by atomic mass is 16.1. The van der Waals surface area contributed by atoms with Crippen LogP contribution in [-0.4, -0.2) is 15.5 Å². The number of carbonyl (C=O) groups is 1. The molecule has 23 heavy (non-hydrogen) atoms. The summed E-state index contributed by atoms with van der Waals surface area (Å²) in [6, 6.07) is 20.2. The predicted octanol–water partition coefficient (Wildman–Crippen LogP) is 3.34. The number of primary amides is 1. The Morgan fingerprint density at radius 1 is 0.957 bits per heavy atom. The van der Waals surface area contributed by atoms with Crippen molar-refractivity contribution in [2.24, 2.45) is 5.73 Å². The number of hydrogen-bond acceptors (Lipinski definition) is 2. The van der Waals surface area contributed by atoms with E-state index in [2.05, 4.69) is 17.1 Å². The summed E-state index contributed by atoms with van der Waals surface area (Å²) >= 11 is 0. The van der Waals surface area contributed by atoms with Crippen LogP contribution < -0.4 is 5.73 Å². The van der Waals surface area contributed by atoms with E-state index in [0.29, 0.717) is 0 Å². The largest absolute Gasteiger partial charge is 0.368 e. The van der Waals surface area contributed by atoms with Crippen molar-refractivity contribution in [1.82, 2.24) is 9.55 Å². The van der Waals surface area contributed by atoms with Crippen molar-refractivity contribution >= 4 is 27.7 Å². The van der Waals surface area contributed by atoms with E-state index in [1.807, 2.05) is 59.3 Å². The molecule has 4 heteroatoms. The summed E-state index contributed by atoms with van der Waals surface area (Å²) in [5, 5.41) is 2.18. The average molecular weight is 301 g/mol. The highest BCUT2D eigenvalue weighted by molar-refractivity contribution is 6.09. The van der Waals surface area contributed by atoms with Crippen molar-refractivity contribution in [1.29, 1.82) is 0 Å². The molecule has 4 nitrogen and oxygen atoms in total. The maximum Gasteiger partial charge on any atom is 0.237 e. The second kappa shape index (κ2) is 5.25. The summed E-state index contributed by atoms with van der Waals surface area (Å²) in [4.78, 5) is 16.0. The summed E-state index contributed by atoms with van der Waals surface area (Å²) in [6.07, 6.45) is 1.82. The second-order valence-electron chi connectivity index (χ2n) is 5.52. The number of para-hydroxylation sites is 1. The first-order valence-electron chi connectivity index (χ1n) is 7.45. The number of nitrogens with zero attached hydrogens (tertiary/aromatic N) is 2. The Morgan fingerprint density at radius 3 is 2.48 bits per heavy atom. The lowest BCUT2D eigenvalue weighted by Crippen LogP contribution is -2.18. The third-order valence-corrected chi connectivity index (χ3v) is 4.04.